The Morgan fingerprint density at radius 1 is 0.711 bits per heavy atom. The van der Waals surface area contributed by atoms with Crippen molar-refractivity contribution in [1.29, 1.82) is 0 Å². The van der Waals surface area contributed by atoms with Gasteiger partial charge in [0.05, 0.1) is 26.9 Å². The Kier molecular flexibility index (Phi) is 9.90. The first-order valence-electron chi connectivity index (χ1n) is 12.2. The third-order valence-electron chi connectivity index (χ3n) is 6.49. The Bertz CT molecular complexity index is 974. The summed E-state index contributed by atoms with van der Waals surface area (Å²) in [4.78, 5) is 0. The fourth-order valence-electron chi connectivity index (χ4n) is 4.30. The lowest BCUT2D eigenvalue weighted by Gasteiger charge is -2.46. The van der Waals surface area contributed by atoms with E-state index in [0.29, 0.717) is 11.5 Å². The number of hydrogen-bond acceptors (Lipinski definition) is 12. The van der Waals surface area contributed by atoms with Gasteiger partial charge < -0.3 is 59.1 Å². The molecule has 6 N–H and O–H groups in total. The maximum Gasteiger partial charge on any atom is 0.229 e. The van der Waals surface area contributed by atoms with Gasteiger partial charge in [-0.05, 0) is 29.8 Å². The smallest absolute Gasteiger partial charge is 0.229 e. The van der Waals surface area contributed by atoms with E-state index in [0.717, 1.165) is 5.56 Å². The van der Waals surface area contributed by atoms with Gasteiger partial charge in [-0.3, -0.25) is 0 Å². The second-order valence-corrected chi connectivity index (χ2v) is 9.12. The highest BCUT2D eigenvalue weighted by atomic mass is 16.7. The van der Waals surface area contributed by atoms with Crippen LogP contribution in [0.5, 0.6) is 11.5 Å². The maximum absolute atomic E-state index is 10.8. The topological polar surface area (TPSA) is 177 Å². The zero-order valence-corrected chi connectivity index (χ0v) is 20.7. The molecule has 210 valence electrons. The van der Waals surface area contributed by atoms with Gasteiger partial charge in [-0.1, -0.05) is 30.3 Å². The third-order valence-corrected chi connectivity index (χ3v) is 6.49. The van der Waals surface area contributed by atoms with Crippen LogP contribution >= 0.6 is 0 Å². The monoisotopic (exact) mass is 538 g/mol. The molecule has 0 unspecified atom stereocenters. The predicted octanol–water partition coefficient (Wildman–Crippen LogP) is -1.08. The molecule has 38 heavy (non-hydrogen) atoms. The van der Waals surface area contributed by atoms with Crippen LogP contribution in [0, 0.1) is 0 Å². The predicted molar refractivity (Wildman–Crippen MR) is 129 cm³/mol. The molecule has 2 fully saturated rings. The molecule has 2 aliphatic heterocycles. The highest BCUT2D eigenvalue weighted by Crippen LogP contribution is 2.31. The molecule has 4 rings (SSSR count). The van der Waals surface area contributed by atoms with E-state index in [1.54, 1.807) is 24.3 Å². The molecule has 2 aromatic carbocycles. The van der Waals surface area contributed by atoms with E-state index in [2.05, 4.69) is 0 Å². The molecule has 0 aliphatic carbocycles. The molecule has 2 saturated heterocycles. The summed E-state index contributed by atoms with van der Waals surface area (Å²) < 4.78 is 33.3. The molecule has 0 saturated carbocycles. The lowest BCUT2D eigenvalue weighted by molar-refractivity contribution is -0.353. The van der Waals surface area contributed by atoms with E-state index in [9.17, 15) is 30.6 Å². The third kappa shape index (κ3) is 6.61. The summed E-state index contributed by atoms with van der Waals surface area (Å²) in [5, 5.41) is 62.6. The molecule has 0 bridgehead atoms. The van der Waals surface area contributed by atoms with Crippen molar-refractivity contribution in [2.45, 2.75) is 68.0 Å². The van der Waals surface area contributed by atoms with Crippen molar-refractivity contribution >= 4 is 0 Å². The van der Waals surface area contributed by atoms with Crippen LogP contribution in [-0.4, -0.2) is 112 Å². The van der Waals surface area contributed by atoms with E-state index in [1.165, 1.54) is 7.11 Å². The Balaban J connectivity index is 1.39. The summed E-state index contributed by atoms with van der Waals surface area (Å²) in [7, 11) is 1.51. The van der Waals surface area contributed by atoms with E-state index >= 15 is 0 Å². The number of rotatable bonds is 10. The normalized spacial score (nSPS) is 35.6. The van der Waals surface area contributed by atoms with Gasteiger partial charge in [-0.15, -0.1) is 0 Å². The lowest BCUT2D eigenvalue weighted by atomic mass is 9.97. The number of benzene rings is 2. The second kappa shape index (κ2) is 13.1. The van der Waals surface area contributed by atoms with E-state index in [-0.39, 0.29) is 13.2 Å². The van der Waals surface area contributed by atoms with Crippen LogP contribution in [0.1, 0.15) is 5.56 Å². The van der Waals surface area contributed by atoms with E-state index in [4.69, 9.17) is 28.4 Å². The molecule has 12 heteroatoms. The molecule has 2 heterocycles. The minimum absolute atomic E-state index is 0.132. The van der Waals surface area contributed by atoms with Crippen LogP contribution in [-0.2, 0) is 25.6 Å². The van der Waals surface area contributed by atoms with Gasteiger partial charge >= 0.3 is 0 Å². The minimum atomic E-state index is -1.70. The first-order chi connectivity index (χ1) is 18.3. The van der Waals surface area contributed by atoms with E-state index < -0.39 is 68.0 Å². The van der Waals surface area contributed by atoms with Gasteiger partial charge in [0.1, 0.15) is 60.3 Å². The Hall–Kier alpha value is -2.36. The fraction of sp³-hybridized carbons (Fsp3) is 0.538. The first-order valence-corrected chi connectivity index (χ1v) is 12.2. The van der Waals surface area contributed by atoms with Crippen molar-refractivity contribution in [2.75, 3.05) is 20.3 Å². The first kappa shape index (κ1) is 28.6. The van der Waals surface area contributed by atoms with E-state index in [1.807, 2.05) is 30.3 Å². The molecule has 0 spiro atoms. The molecular weight excluding hydrogens is 504 g/mol. The van der Waals surface area contributed by atoms with Gasteiger partial charge in [-0.2, -0.15) is 0 Å². The molecular formula is C26H34O12. The highest BCUT2D eigenvalue weighted by molar-refractivity contribution is 5.31. The average molecular weight is 539 g/mol. The van der Waals surface area contributed by atoms with Gasteiger partial charge in [-0.25, -0.2) is 0 Å². The highest BCUT2D eigenvalue weighted by Gasteiger charge is 2.51. The number of ether oxygens (including phenoxy) is 6. The summed E-state index contributed by atoms with van der Waals surface area (Å²) >= 11 is 0. The van der Waals surface area contributed by atoms with Crippen LogP contribution in [0.2, 0.25) is 0 Å². The lowest BCUT2D eigenvalue weighted by Crippen LogP contribution is -2.65. The zero-order chi connectivity index (χ0) is 27.2. The summed E-state index contributed by atoms with van der Waals surface area (Å²) in [6.07, 6.45) is -14.6. The summed E-state index contributed by atoms with van der Waals surface area (Å²) in [6.45, 7) is -0.539. The van der Waals surface area contributed by atoms with Crippen molar-refractivity contribution in [3.63, 3.8) is 0 Å². The van der Waals surface area contributed by atoms with Crippen molar-refractivity contribution in [3.05, 3.63) is 60.2 Å². The molecule has 2 aliphatic rings. The van der Waals surface area contributed by atoms with Crippen LogP contribution < -0.4 is 9.47 Å². The summed E-state index contributed by atoms with van der Waals surface area (Å²) in [6, 6.07) is 15.7. The number of aliphatic hydroxyl groups is 6. The number of methoxy groups -OCH3 is 1. The molecule has 10 atom stereocenters. The molecule has 0 amide bonds. The van der Waals surface area contributed by atoms with Gasteiger partial charge in [0.15, 0.2) is 6.29 Å². The minimum Gasteiger partial charge on any atom is -0.497 e. The summed E-state index contributed by atoms with van der Waals surface area (Å²) in [5.41, 5.74) is 0.889. The van der Waals surface area contributed by atoms with Crippen molar-refractivity contribution in [3.8, 4) is 11.5 Å². The Morgan fingerprint density at radius 3 is 2.00 bits per heavy atom. The zero-order valence-electron chi connectivity index (χ0n) is 20.7. The maximum atomic E-state index is 10.8. The van der Waals surface area contributed by atoms with Crippen molar-refractivity contribution in [1.82, 2.24) is 0 Å². The van der Waals surface area contributed by atoms with Crippen molar-refractivity contribution in [2.24, 2.45) is 0 Å². The van der Waals surface area contributed by atoms with Crippen LogP contribution in [0.15, 0.2) is 54.6 Å². The SMILES string of the molecule is COc1ccc(O[C@@H]2O[C@H](CO)[C@@H](O[C@@H]3O[C@H](COCc4ccccc4)[C@@H](O)[C@H](O)[C@H]3O)[C@H](O)[C@H]2O)cc1. The largest absolute Gasteiger partial charge is 0.497 e. The number of aliphatic hydroxyl groups excluding tert-OH is 6. The Morgan fingerprint density at radius 2 is 1.34 bits per heavy atom. The van der Waals surface area contributed by atoms with Crippen LogP contribution in [0.25, 0.3) is 0 Å². The second-order valence-electron chi connectivity index (χ2n) is 9.12. The van der Waals surface area contributed by atoms with Crippen LogP contribution in [0.3, 0.4) is 0 Å². The molecule has 0 radical (unpaired) electrons. The Labute approximate surface area is 219 Å². The van der Waals surface area contributed by atoms with Gasteiger partial charge in [0.25, 0.3) is 0 Å². The molecule has 12 nitrogen and oxygen atoms in total. The van der Waals surface area contributed by atoms with Crippen molar-refractivity contribution < 1.29 is 59.1 Å². The number of hydrogen-bond donors (Lipinski definition) is 6. The quantitative estimate of drug-likeness (QED) is 0.216. The van der Waals surface area contributed by atoms with Crippen LogP contribution in [0.4, 0.5) is 0 Å². The fourth-order valence-corrected chi connectivity index (χ4v) is 4.30. The summed E-state index contributed by atoms with van der Waals surface area (Å²) in [5.74, 6) is 0.908. The molecule has 2 aromatic rings. The van der Waals surface area contributed by atoms with Gasteiger partial charge in [0, 0.05) is 0 Å². The standard InChI is InChI=1S/C26H34O12/c1-33-15-7-9-16(10-8-15)35-25-23(32)21(30)24(17(11-27)36-25)38-26-22(31)20(29)19(28)18(37-26)13-34-12-14-5-3-2-4-6-14/h2-10,17-32H,11-13H2,1H3/t17-,18-,19-,20+,21-,22-,23-,24-,25-,26+/m1/s1. The molecule has 0 aromatic heterocycles. The van der Waals surface area contributed by atoms with Gasteiger partial charge in [0.2, 0.25) is 6.29 Å². The average Bonchev–Trinajstić information content (AvgIpc) is 2.94.